The zero-order chi connectivity index (χ0) is 21.1. The standard InChI is InChI=1S/C14H13F2N3.C10H11N/c15-10-6-8(7-11(16)14(10)17)19-13-4-5-18-12-3-1-2-9(12)13;1-2-8-7-11-10-6-4-3-5-9(8)10/h4-7H,1-3,17H2,(H,18,19);3-7,11H,2H2,1H3. The van der Waals surface area contributed by atoms with E-state index in [-0.39, 0.29) is 0 Å². The van der Waals surface area contributed by atoms with Crippen molar-refractivity contribution < 1.29 is 8.78 Å². The summed E-state index contributed by atoms with van der Waals surface area (Å²) in [5.74, 6) is -1.51. The lowest BCUT2D eigenvalue weighted by Gasteiger charge is -2.11. The third-order valence-corrected chi connectivity index (χ3v) is 5.40. The molecule has 0 saturated carbocycles. The fourth-order valence-corrected chi connectivity index (χ4v) is 3.82. The van der Waals surface area contributed by atoms with Gasteiger partial charge in [-0.05, 0) is 61.1 Å². The molecule has 4 aromatic rings. The van der Waals surface area contributed by atoms with Crippen molar-refractivity contribution in [3.05, 3.63) is 83.3 Å². The summed E-state index contributed by atoms with van der Waals surface area (Å²) in [4.78, 5) is 7.54. The van der Waals surface area contributed by atoms with Crippen LogP contribution in [0.1, 0.15) is 30.2 Å². The second-order valence-corrected chi connectivity index (χ2v) is 7.33. The van der Waals surface area contributed by atoms with Crippen molar-refractivity contribution in [1.82, 2.24) is 9.97 Å². The summed E-state index contributed by atoms with van der Waals surface area (Å²) < 4.78 is 26.8. The van der Waals surface area contributed by atoms with E-state index in [1.165, 1.54) is 28.6 Å². The van der Waals surface area contributed by atoms with Crippen LogP contribution in [0.15, 0.2) is 54.9 Å². The second-order valence-electron chi connectivity index (χ2n) is 7.33. The molecule has 30 heavy (non-hydrogen) atoms. The minimum Gasteiger partial charge on any atom is -0.394 e. The monoisotopic (exact) mass is 406 g/mol. The van der Waals surface area contributed by atoms with Crippen molar-refractivity contribution in [3.8, 4) is 0 Å². The van der Waals surface area contributed by atoms with Crippen molar-refractivity contribution in [2.75, 3.05) is 11.1 Å². The Bertz CT molecular complexity index is 1160. The molecule has 0 bridgehead atoms. The molecule has 4 N–H and O–H groups in total. The van der Waals surface area contributed by atoms with Gasteiger partial charge in [-0.2, -0.15) is 0 Å². The Hall–Kier alpha value is -3.41. The Morgan fingerprint density at radius 1 is 1.10 bits per heavy atom. The van der Waals surface area contributed by atoms with Crippen LogP contribution >= 0.6 is 0 Å². The van der Waals surface area contributed by atoms with E-state index in [0.717, 1.165) is 42.6 Å². The van der Waals surface area contributed by atoms with Crippen LogP contribution in [-0.2, 0) is 19.3 Å². The van der Waals surface area contributed by atoms with Crippen LogP contribution in [0.3, 0.4) is 0 Å². The number of para-hydroxylation sites is 1. The van der Waals surface area contributed by atoms with Crippen molar-refractivity contribution >= 4 is 28.0 Å². The molecule has 2 heterocycles. The van der Waals surface area contributed by atoms with E-state index in [1.54, 1.807) is 6.20 Å². The number of benzene rings is 2. The summed E-state index contributed by atoms with van der Waals surface area (Å²) in [7, 11) is 0. The first-order valence-corrected chi connectivity index (χ1v) is 10.1. The fourth-order valence-electron chi connectivity index (χ4n) is 3.82. The number of nitrogens with zero attached hydrogens (tertiary/aromatic N) is 1. The number of pyridine rings is 1. The molecule has 1 aliphatic rings. The highest BCUT2D eigenvalue weighted by Crippen LogP contribution is 2.30. The van der Waals surface area contributed by atoms with E-state index in [9.17, 15) is 8.78 Å². The van der Waals surface area contributed by atoms with Crippen LogP contribution in [0, 0.1) is 11.6 Å². The molecule has 2 aromatic carbocycles. The molecule has 1 aliphatic carbocycles. The normalized spacial score (nSPS) is 12.4. The third kappa shape index (κ3) is 3.99. The van der Waals surface area contributed by atoms with Crippen LogP contribution in [0.4, 0.5) is 25.8 Å². The Kier molecular flexibility index (Phi) is 5.65. The second kappa shape index (κ2) is 8.53. The molecular weight excluding hydrogens is 382 g/mol. The van der Waals surface area contributed by atoms with Gasteiger partial charge in [-0.3, -0.25) is 4.98 Å². The van der Waals surface area contributed by atoms with Gasteiger partial charge in [-0.15, -0.1) is 0 Å². The molecule has 0 unspecified atom stereocenters. The Labute approximate surface area is 174 Å². The van der Waals surface area contributed by atoms with Crippen LogP contribution in [0.25, 0.3) is 10.9 Å². The van der Waals surface area contributed by atoms with Gasteiger partial charge in [0.1, 0.15) is 5.69 Å². The zero-order valence-corrected chi connectivity index (χ0v) is 16.8. The summed E-state index contributed by atoms with van der Waals surface area (Å²) >= 11 is 0. The lowest BCUT2D eigenvalue weighted by Crippen LogP contribution is -2.01. The van der Waals surface area contributed by atoms with E-state index in [1.807, 2.05) is 6.07 Å². The maximum absolute atomic E-state index is 13.4. The number of rotatable bonds is 3. The van der Waals surface area contributed by atoms with Crippen molar-refractivity contribution in [3.63, 3.8) is 0 Å². The van der Waals surface area contributed by atoms with Gasteiger partial charge in [0.25, 0.3) is 0 Å². The lowest BCUT2D eigenvalue weighted by molar-refractivity contribution is 0.593. The van der Waals surface area contributed by atoms with Crippen LogP contribution in [-0.4, -0.2) is 9.97 Å². The van der Waals surface area contributed by atoms with Gasteiger partial charge in [0, 0.05) is 40.4 Å². The van der Waals surface area contributed by atoms with Crippen molar-refractivity contribution in [2.24, 2.45) is 0 Å². The number of aromatic amines is 1. The Morgan fingerprint density at radius 3 is 2.63 bits per heavy atom. The molecule has 6 heteroatoms. The average Bonchev–Trinajstić information content (AvgIpc) is 3.40. The number of nitrogens with one attached hydrogen (secondary N) is 2. The number of aromatic nitrogens is 2. The summed E-state index contributed by atoms with van der Waals surface area (Å²) in [6.07, 6.45) is 7.84. The van der Waals surface area contributed by atoms with E-state index < -0.39 is 17.3 Å². The van der Waals surface area contributed by atoms with E-state index in [4.69, 9.17) is 5.73 Å². The van der Waals surface area contributed by atoms with Gasteiger partial charge >= 0.3 is 0 Å². The molecule has 0 spiro atoms. The fraction of sp³-hybridized carbons (Fsp3) is 0.208. The molecule has 154 valence electrons. The SMILES string of the molecule is CCc1c[nH]c2ccccc12.Nc1c(F)cc(Nc2ccnc3c2CCC3)cc1F. The number of hydrogen-bond donors (Lipinski definition) is 3. The molecule has 0 atom stereocenters. The first-order chi connectivity index (χ1) is 14.6. The minimum absolute atomic E-state index is 0.351. The quantitative estimate of drug-likeness (QED) is 0.371. The van der Waals surface area contributed by atoms with Crippen molar-refractivity contribution in [1.29, 1.82) is 0 Å². The molecular formula is C24H24F2N4. The Morgan fingerprint density at radius 2 is 1.87 bits per heavy atom. The summed E-state index contributed by atoms with van der Waals surface area (Å²) in [5, 5.41) is 4.39. The Balaban J connectivity index is 0.000000168. The third-order valence-electron chi connectivity index (χ3n) is 5.40. The number of H-pyrrole nitrogens is 1. The van der Waals surface area contributed by atoms with Gasteiger partial charge in [0.05, 0.1) is 0 Å². The predicted octanol–water partition coefficient (Wildman–Crippen LogP) is 5.90. The molecule has 0 radical (unpaired) electrons. The summed E-state index contributed by atoms with van der Waals surface area (Å²) in [5.41, 5.74) is 10.8. The number of nitrogen functional groups attached to an aromatic ring is 1. The topological polar surface area (TPSA) is 66.7 Å². The van der Waals surface area contributed by atoms with Crippen LogP contribution in [0.2, 0.25) is 0 Å². The number of hydrogen-bond acceptors (Lipinski definition) is 3. The van der Waals surface area contributed by atoms with Crippen LogP contribution < -0.4 is 11.1 Å². The highest BCUT2D eigenvalue weighted by molar-refractivity contribution is 5.82. The highest BCUT2D eigenvalue weighted by atomic mass is 19.1. The maximum Gasteiger partial charge on any atom is 0.151 e. The van der Waals surface area contributed by atoms with Gasteiger partial charge in [-0.25, -0.2) is 8.78 Å². The lowest BCUT2D eigenvalue weighted by atomic mass is 10.1. The predicted molar refractivity (Wildman–Crippen MR) is 118 cm³/mol. The number of fused-ring (bicyclic) bond motifs is 2. The van der Waals surface area contributed by atoms with Crippen molar-refractivity contribution in [2.45, 2.75) is 32.6 Å². The summed E-state index contributed by atoms with van der Waals surface area (Å²) in [6, 6.07) is 12.6. The smallest absolute Gasteiger partial charge is 0.151 e. The molecule has 0 aliphatic heterocycles. The molecule has 0 fully saturated rings. The maximum atomic E-state index is 13.4. The van der Waals surface area contributed by atoms with Gasteiger partial charge in [-0.1, -0.05) is 25.1 Å². The van der Waals surface area contributed by atoms with E-state index in [2.05, 4.69) is 52.7 Å². The number of nitrogens with two attached hydrogens (primary N) is 1. The van der Waals surface area contributed by atoms with Crippen LogP contribution in [0.5, 0.6) is 0 Å². The van der Waals surface area contributed by atoms with Gasteiger partial charge in [0.2, 0.25) is 0 Å². The largest absolute Gasteiger partial charge is 0.394 e. The minimum atomic E-state index is -0.756. The number of halogens is 2. The summed E-state index contributed by atoms with van der Waals surface area (Å²) in [6.45, 7) is 2.18. The number of aryl methyl sites for hydroxylation is 2. The molecule has 0 amide bonds. The first-order valence-electron chi connectivity index (χ1n) is 10.1. The molecule has 4 nitrogen and oxygen atoms in total. The van der Waals surface area contributed by atoms with Gasteiger partial charge in [0.15, 0.2) is 11.6 Å². The molecule has 5 rings (SSSR count). The zero-order valence-electron chi connectivity index (χ0n) is 16.8. The molecule has 2 aromatic heterocycles. The first kappa shape index (κ1) is 19.9. The van der Waals surface area contributed by atoms with E-state index in [0.29, 0.717) is 5.69 Å². The number of anilines is 3. The van der Waals surface area contributed by atoms with Gasteiger partial charge < -0.3 is 16.0 Å². The molecule has 0 saturated heterocycles. The average molecular weight is 406 g/mol. The van der Waals surface area contributed by atoms with E-state index >= 15 is 0 Å². The highest BCUT2D eigenvalue weighted by Gasteiger charge is 2.16.